The van der Waals surface area contributed by atoms with E-state index >= 15 is 0 Å². The molecule has 3 N–H and O–H groups in total. The van der Waals surface area contributed by atoms with E-state index in [2.05, 4.69) is 5.32 Å². The second-order valence-electron chi connectivity index (χ2n) is 5.50. The Balaban J connectivity index is 2.10. The van der Waals surface area contributed by atoms with Crippen LogP contribution in [-0.4, -0.2) is 17.9 Å². The summed E-state index contributed by atoms with van der Waals surface area (Å²) in [5.41, 5.74) is 7.70. The summed E-state index contributed by atoms with van der Waals surface area (Å²) in [4.78, 5) is 23.7. The molecule has 0 aromatic heterocycles. The molecule has 0 saturated heterocycles. The van der Waals surface area contributed by atoms with Crippen molar-refractivity contribution in [3.63, 3.8) is 0 Å². The maximum atomic E-state index is 12.3. The van der Waals surface area contributed by atoms with Crippen LogP contribution in [0.3, 0.4) is 0 Å². The number of carbonyl (C=O) groups excluding carboxylic acids is 2. The number of amides is 2. The number of benzene rings is 2. The van der Waals surface area contributed by atoms with Crippen LogP contribution in [0.15, 0.2) is 36.4 Å². The minimum absolute atomic E-state index is 0.327. The molecular formula is C18H19ClN2O3. The van der Waals surface area contributed by atoms with Crippen molar-refractivity contribution in [1.82, 2.24) is 0 Å². The van der Waals surface area contributed by atoms with Gasteiger partial charge in [0, 0.05) is 16.3 Å². The zero-order chi connectivity index (χ0) is 17.9. The van der Waals surface area contributed by atoms with E-state index in [0.29, 0.717) is 27.6 Å². The standard InChI is InChI=1S/C18H19ClN2O3/c1-10-9-13(7-8-15(10)19)24-12(3)18(23)21-16-6-4-5-14(11(16)2)17(20)22/h4-9,12H,1-3H3,(H2,20,22)(H,21,23). The summed E-state index contributed by atoms with van der Waals surface area (Å²) >= 11 is 5.97. The van der Waals surface area contributed by atoms with Crippen LogP contribution in [0.2, 0.25) is 5.02 Å². The Hall–Kier alpha value is -2.53. The Morgan fingerprint density at radius 2 is 1.92 bits per heavy atom. The third-order valence-electron chi connectivity index (χ3n) is 3.67. The van der Waals surface area contributed by atoms with E-state index in [1.54, 1.807) is 50.2 Å². The van der Waals surface area contributed by atoms with Crippen LogP contribution in [0, 0.1) is 13.8 Å². The largest absolute Gasteiger partial charge is 0.481 e. The molecule has 2 amide bonds. The van der Waals surface area contributed by atoms with Gasteiger partial charge in [-0.25, -0.2) is 0 Å². The number of hydrogen-bond donors (Lipinski definition) is 2. The number of anilines is 1. The molecule has 126 valence electrons. The highest BCUT2D eigenvalue weighted by Crippen LogP contribution is 2.23. The number of rotatable bonds is 5. The van der Waals surface area contributed by atoms with Gasteiger partial charge in [0.2, 0.25) is 5.91 Å². The first kappa shape index (κ1) is 17.8. The van der Waals surface area contributed by atoms with Gasteiger partial charge in [-0.1, -0.05) is 17.7 Å². The predicted octanol–water partition coefficient (Wildman–Crippen LogP) is 3.46. The Morgan fingerprint density at radius 1 is 1.21 bits per heavy atom. The highest BCUT2D eigenvalue weighted by atomic mass is 35.5. The Labute approximate surface area is 145 Å². The number of hydrogen-bond acceptors (Lipinski definition) is 3. The molecule has 24 heavy (non-hydrogen) atoms. The molecule has 2 rings (SSSR count). The lowest BCUT2D eigenvalue weighted by Crippen LogP contribution is -2.30. The van der Waals surface area contributed by atoms with Crippen molar-refractivity contribution in [1.29, 1.82) is 0 Å². The molecule has 1 atom stereocenters. The molecule has 0 aliphatic carbocycles. The third kappa shape index (κ3) is 4.06. The average molecular weight is 347 g/mol. The molecule has 2 aromatic rings. The van der Waals surface area contributed by atoms with Gasteiger partial charge in [-0.15, -0.1) is 0 Å². The van der Waals surface area contributed by atoms with Gasteiger partial charge in [0.05, 0.1) is 0 Å². The van der Waals surface area contributed by atoms with Crippen molar-refractivity contribution in [2.45, 2.75) is 26.9 Å². The van der Waals surface area contributed by atoms with Crippen LogP contribution >= 0.6 is 11.6 Å². The summed E-state index contributed by atoms with van der Waals surface area (Å²) in [6.45, 7) is 5.23. The van der Waals surface area contributed by atoms with Crippen LogP contribution in [0.5, 0.6) is 5.75 Å². The Morgan fingerprint density at radius 3 is 2.54 bits per heavy atom. The van der Waals surface area contributed by atoms with E-state index < -0.39 is 12.0 Å². The van der Waals surface area contributed by atoms with Crippen LogP contribution in [-0.2, 0) is 4.79 Å². The van der Waals surface area contributed by atoms with E-state index in [1.165, 1.54) is 0 Å². The topological polar surface area (TPSA) is 81.4 Å². The number of halogens is 1. The summed E-state index contributed by atoms with van der Waals surface area (Å²) in [5, 5.41) is 3.39. The molecule has 0 fully saturated rings. The zero-order valence-electron chi connectivity index (χ0n) is 13.7. The zero-order valence-corrected chi connectivity index (χ0v) is 14.5. The van der Waals surface area contributed by atoms with Gasteiger partial charge >= 0.3 is 0 Å². The lowest BCUT2D eigenvalue weighted by molar-refractivity contribution is -0.122. The van der Waals surface area contributed by atoms with Gasteiger partial charge in [0.25, 0.3) is 5.91 Å². The van der Waals surface area contributed by atoms with Crippen molar-refractivity contribution >= 4 is 29.1 Å². The number of primary amides is 1. The normalized spacial score (nSPS) is 11.7. The highest BCUT2D eigenvalue weighted by Gasteiger charge is 2.17. The lowest BCUT2D eigenvalue weighted by Gasteiger charge is -2.17. The Kier molecular flexibility index (Phi) is 5.46. The van der Waals surface area contributed by atoms with Crippen molar-refractivity contribution in [2.75, 3.05) is 5.32 Å². The average Bonchev–Trinajstić information content (AvgIpc) is 2.52. The van der Waals surface area contributed by atoms with Crippen molar-refractivity contribution in [2.24, 2.45) is 5.73 Å². The number of ether oxygens (including phenoxy) is 1. The lowest BCUT2D eigenvalue weighted by atomic mass is 10.1. The smallest absolute Gasteiger partial charge is 0.265 e. The van der Waals surface area contributed by atoms with Gasteiger partial charge < -0.3 is 15.8 Å². The molecule has 0 aliphatic rings. The molecule has 5 nitrogen and oxygen atoms in total. The highest BCUT2D eigenvalue weighted by molar-refractivity contribution is 6.31. The van der Waals surface area contributed by atoms with Gasteiger partial charge in [0.15, 0.2) is 6.10 Å². The maximum Gasteiger partial charge on any atom is 0.265 e. The molecule has 1 unspecified atom stereocenters. The van der Waals surface area contributed by atoms with Gasteiger partial charge in [-0.05, 0) is 62.2 Å². The third-order valence-corrected chi connectivity index (χ3v) is 4.09. The van der Waals surface area contributed by atoms with Crippen LogP contribution in [0.1, 0.15) is 28.4 Å². The van der Waals surface area contributed by atoms with E-state index in [1.807, 2.05) is 6.92 Å². The summed E-state index contributed by atoms with van der Waals surface area (Å²) in [6, 6.07) is 10.2. The predicted molar refractivity (Wildman–Crippen MR) is 94.6 cm³/mol. The number of nitrogens with one attached hydrogen (secondary N) is 1. The summed E-state index contributed by atoms with van der Waals surface area (Å²) < 4.78 is 5.64. The summed E-state index contributed by atoms with van der Waals surface area (Å²) in [5.74, 6) is -0.306. The Bertz CT molecular complexity index is 790. The second kappa shape index (κ2) is 7.36. The summed E-state index contributed by atoms with van der Waals surface area (Å²) in [6.07, 6.45) is -0.720. The van der Waals surface area contributed by atoms with Crippen molar-refractivity contribution in [3.8, 4) is 5.75 Å². The quantitative estimate of drug-likeness (QED) is 0.869. The van der Waals surface area contributed by atoms with E-state index in [0.717, 1.165) is 5.56 Å². The minimum Gasteiger partial charge on any atom is -0.481 e. The van der Waals surface area contributed by atoms with Crippen LogP contribution in [0.4, 0.5) is 5.69 Å². The van der Waals surface area contributed by atoms with E-state index in [9.17, 15) is 9.59 Å². The monoisotopic (exact) mass is 346 g/mol. The number of carbonyl (C=O) groups is 2. The summed E-state index contributed by atoms with van der Waals surface area (Å²) in [7, 11) is 0. The second-order valence-corrected chi connectivity index (χ2v) is 5.91. The minimum atomic E-state index is -0.720. The fraction of sp³-hybridized carbons (Fsp3) is 0.222. The number of nitrogens with two attached hydrogens (primary N) is 1. The molecule has 0 aliphatic heterocycles. The fourth-order valence-corrected chi connectivity index (χ4v) is 2.34. The van der Waals surface area contributed by atoms with Gasteiger partial charge in [0.1, 0.15) is 5.75 Å². The molecule has 0 bridgehead atoms. The molecule has 0 spiro atoms. The first-order valence-corrected chi connectivity index (χ1v) is 7.80. The molecule has 6 heteroatoms. The molecular weight excluding hydrogens is 328 g/mol. The number of aryl methyl sites for hydroxylation is 1. The van der Waals surface area contributed by atoms with Gasteiger partial charge in [-0.3, -0.25) is 9.59 Å². The maximum absolute atomic E-state index is 12.3. The van der Waals surface area contributed by atoms with Crippen LogP contribution in [0.25, 0.3) is 0 Å². The fourth-order valence-electron chi connectivity index (χ4n) is 2.22. The SMILES string of the molecule is Cc1cc(OC(C)C(=O)Nc2cccc(C(N)=O)c2C)ccc1Cl. The first-order valence-electron chi connectivity index (χ1n) is 7.42. The van der Waals surface area contributed by atoms with Crippen LogP contribution < -0.4 is 15.8 Å². The van der Waals surface area contributed by atoms with E-state index in [4.69, 9.17) is 22.1 Å². The van der Waals surface area contributed by atoms with Crippen molar-refractivity contribution in [3.05, 3.63) is 58.1 Å². The van der Waals surface area contributed by atoms with Gasteiger partial charge in [-0.2, -0.15) is 0 Å². The first-order chi connectivity index (χ1) is 11.3. The molecule has 0 heterocycles. The molecule has 0 saturated carbocycles. The van der Waals surface area contributed by atoms with E-state index in [-0.39, 0.29) is 5.91 Å². The molecule has 0 radical (unpaired) electrons. The molecule has 2 aromatic carbocycles. The van der Waals surface area contributed by atoms with Crippen molar-refractivity contribution < 1.29 is 14.3 Å².